The second kappa shape index (κ2) is 22.0. The number of nitrogens with zero attached hydrogens (tertiary/aromatic N) is 1. The zero-order valence-electron chi connectivity index (χ0n) is 33.8. The number of fused-ring (bicyclic) bond motifs is 1. The molecule has 4 N–H and O–H groups in total. The predicted molar refractivity (Wildman–Crippen MR) is 244 cm³/mol. The first-order chi connectivity index (χ1) is 27.9. The van der Waals surface area contributed by atoms with Crippen LogP contribution < -0.4 is 14.8 Å². The van der Waals surface area contributed by atoms with Gasteiger partial charge in [-0.3, -0.25) is 9.59 Å². The van der Waals surface area contributed by atoms with Crippen LogP contribution in [0.4, 0.5) is 17.1 Å². The lowest BCUT2D eigenvalue weighted by molar-refractivity contribution is -0.142. The Balaban J connectivity index is 0.000000257. The smallest absolute Gasteiger partial charge is 0.305 e. The van der Waals surface area contributed by atoms with Crippen LogP contribution in [0.2, 0.25) is 10.0 Å². The molecule has 1 heterocycles. The molecule has 4 aromatic carbocycles. The van der Waals surface area contributed by atoms with Crippen molar-refractivity contribution in [1.82, 2.24) is 4.57 Å². The van der Waals surface area contributed by atoms with Crippen molar-refractivity contribution in [3.8, 4) is 0 Å². The number of nitrogens with one attached hydrogen (secondary N) is 4. The van der Waals surface area contributed by atoms with Crippen LogP contribution in [0.15, 0.2) is 97.2 Å². The molecule has 0 saturated heterocycles. The molecule has 14 heteroatoms. The van der Waals surface area contributed by atoms with E-state index in [4.69, 9.17) is 38.1 Å². The maximum absolute atomic E-state index is 12.0. The highest BCUT2D eigenvalue weighted by molar-refractivity contribution is 8.00. The Morgan fingerprint density at radius 2 is 1.36 bits per heavy atom. The summed E-state index contributed by atoms with van der Waals surface area (Å²) in [7, 11) is 1.54. The van der Waals surface area contributed by atoms with Gasteiger partial charge in [0, 0.05) is 63.9 Å². The van der Waals surface area contributed by atoms with Crippen molar-refractivity contribution in [3.05, 3.63) is 124 Å². The molecule has 0 aliphatic carbocycles. The van der Waals surface area contributed by atoms with Crippen molar-refractivity contribution in [2.45, 2.75) is 70.4 Å². The average Bonchev–Trinajstić information content (AvgIpc) is 3.68. The second-order valence-electron chi connectivity index (χ2n) is 13.5. The van der Waals surface area contributed by atoms with Crippen molar-refractivity contribution >= 4 is 92.3 Å². The topological polar surface area (TPSA) is 135 Å². The lowest BCUT2D eigenvalue weighted by Gasteiger charge is -2.36. The zero-order chi connectivity index (χ0) is 42.3. The van der Waals surface area contributed by atoms with Crippen LogP contribution in [-0.4, -0.2) is 53.2 Å². The summed E-state index contributed by atoms with van der Waals surface area (Å²) >= 11 is 13.9. The van der Waals surface area contributed by atoms with Crippen LogP contribution in [0.25, 0.3) is 10.9 Å². The summed E-state index contributed by atoms with van der Waals surface area (Å²) in [6, 6.07) is 29.4. The molecule has 0 saturated carbocycles. The molecule has 0 bridgehead atoms. The Morgan fingerprint density at radius 1 is 0.793 bits per heavy atom. The van der Waals surface area contributed by atoms with E-state index in [1.807, 2.05) is 55.5 Å². The van der Waals surface area contributed by atoms with Gasteiger partial charge in [-0.25, -0.2) is 4.21 Å². The van der Waals surface area contributed by atoms with Gasteiger partial charge in [0.1, 0.15) is 11.0 Å². The highest BCUT2D eigenvalue weighted by Crippen LogP contribution is 2.41. The van der Waals surface area contributed by atoms with E-state index in [0.29, 0.717) is 52.7 Å². The summed E-state index contributed by atoms with van der Waals surface area (Å²) < 4.78 is 30.0. The van der Waals surface area contributed by atoms with E-state index in [-0.39, 0.29) is 23.9 Å². The van der Waals surface area contributed by atoms with Crippen molar-refractivity contribution < 1.29 is 23.3 Å². The molecular weight excluding hydrogens is 814 g/mol. The number of esters is 2. The molecule has 0 spiro atoms. The Morgan fingerprint density at radius 3 is 1.91 bits per heavy atom. The molecule has 5 aromatic rings. The standard InChI is InChI=1S/C23H27ClN2O2S.C21H26ClN3O3S/c1-4-23(15-13-22(27)28-3,17-9-11-18(24)12-10-17)26-16-14-19-20(25-29-5-2)7-6-8-21(19)26;1-4-21(13-12-20(26)28-2,15-8-10-16(22)11-9-15)24-18-6-5-7-19(17(18)14-23)25-29(3)27/h6-12,14,16,25H,4-5,13,15H2,1-3H3;5-11,14,23-25H,4,12-13H2,1-3H3. The predicted octanol–water partition coefficient (Wildman–Crippen LogP) is 11.2. The van der Waals surface area contributed by atoms with Gasteiger partial charge in [0.25, 0.3) is 0 Å². The number of benzene rings is 4. The fraction of sp³-hybridized carbons (Fsp3) is 0.341. The Hall–Kier alpha value is -4.49. The highest BCUT2D eigenvalue weighted by atomic mass is 35.5. The minimum absolute atomic E-state index is 0.199. The summed E-state index contributed by atoms with van der Waals surface area (Å²) in [5.41, 5.74) is 5.27. The zero-order valence-corrected chi connectivity index (χ0v) is 37.0. The number of rotatable bonds is 19. The maximum Gasteiger partial charge on any atom is 0.305 e. The molecule has 0 aliphatic heterocycles. The fourth-order valence-electron chi connectivity index (χ4n) is 7.17. The number of anilines is 3. The Labute approximate surface area is 359 Å². The molecule has 5 rings (SSSR count). The van der Waals surface area contributed by atoms with Gasteiger partial charge >= 0.3 is 11.9 Å². The number of hydrogen-bond donors (Lipinski definition) is 4. The van der Waals surface area contributed by atoms with Crippen LogP contribution in [0, 0.1) is 5.41 Å². The van der Waals surface area contributed by atoms with Gasteiger partial charge in [-0.05, 0) is 91.4 Å². The molecule has 10 nitrogen and oxygen atoms in total. The fourth-order valence-corrected chi connectivity index (χ4v) is 8.39. The van der Waals surface area contributed by atoms with Gasteiger partial charge < -0.3 is 34.2 Å². The SMILES string of the molecule is CCC(CCC(=O)OC)(Nc1cccc(NS(C)=O)c1C=N)c1ccc(Cl)cc1.CCSNc1cccc2c1ccn2C(CC)(CCC(=O)OC)c1ccc(Cl)cc1. The molecule has 310 valence electrons. The quantitative estimate of drug-likeness (QED) is 0.0366. The highest BCUT2D eigenvalue weighted by Gasteiger charge is 2.35. The van der Waals surface area contributed by atoms with Gasteiger partial charge in [-0.2, -0.15) is 0 Å². The van der Waals surface area contributed by atoms with Crippen LogP contribution >= 0.6 is 35.1 Å². The van der Waals surface area contributed by atoms with Crippen molar-refractivity contribution in [2.24, 2.45) is 0 Å². The third-order valence-corrected chi connectivity index (χ3v) is 12.0. The largest absolute Gasteiger partial charge is 0.469 e. The van der Waals surface area contributed by atoms with Crippen LogP contribution in [0.3, 0.4) is 0 Å². The maximum atomic E-state index is 12.0. The first-order valence-corrected chi connectivity index (χ1v) is 22.4. The Kier molecular flexibility index (Phi) is 17.6. The second-order valence-corrected chi connectivity index (χ2v) is 16.6. The van der Waals surface area contributed by atoms with E-state index in [9.17, 15) is 13.8 Å². The minimum atomic E-state index is -1.27. The first kappa shape index (κ1) is 46.2. The average molecular weight is 867 g/mol. The molecule has 0 fully saturated rings. The molecule has 0 amide bonds. The normalized spacial score (nSPS) is 13.5. The summed E-state index contributed by atoms with van der Waals surface area (Å²) in [6.45, 7) is 6.32. The first-order valence-electron chi connectivity index (χ1n) is 19.1. The van der Waals surface area contributed by atoms with Crippen LogP contribution in [0.5, 0.6) is 0 Å². The summed E-state index contributed by atoms with van der Waals surface area (Å²) in [5, 5.41) is 13.9. The van der Waals surface area contributed by atoms with E-state index >= 15 is 0 Å². The molecular formula is C44H53Cl2N5O5S2. The molecule has 0 radical (unpaired) electrons. The van der Waals surface area contributed by atoms with Gasteiger partial charge in [0.15, 0.2) is 0 Å². The van der Waals surface area contributed by atoms with E-state index in [2.05, 4.69) is 75.8 Å². The van der Waals surface area contributed by atoms with Crippen LogP contribution in [0.1, 0.15) is 76.0 Å². The van der Waals surface area contributed by atoms with E-state index in [0.717, 1.165) is 34.5 Å². The number of halogens is 2. The summed E-state index contributed by atoms with van der Waals surface area (Å²) in [4.78, 5) is 23.9. The lowest BCUT2D eigenvalue weighted by Crippen LogP contribution is -2.36. The summed E-state index contributed by atoms with van der Waals surface area (Å²) in [5.74, 6) is 0.498. The monoisotopic (exact) mass is 865 g/mol. The minimum Gasteiger partial charge on any atom is -0.469 e. The number of ether oxygens (including phenoxy) is 2. The van der Waals surface area contributed by atoms with Crippen molar-refractivity contribution in [1.29, 1.82) is 5.41 Å². The van der Waals surface area contributed by atoms with Gasteiger partial charge in [-0.15, -0.1) is 0 Å². The third-order valence-electron chi connectivity index (χ3n) is 10.3. The van der Waals surface area contributed by atoms with Gasteiger partial charge in [0.2, 0.25) is 0 Å². The van der Waals surface area contributed by atoms with E-state index in [1.54, 1.807) is 18.0 Å². The number of methoxy groups -OCH3 is 2. The number of aromatic nitrogens is 1. The number of carbonyl (C=O) groups is 2. The molecule has 1 aromatic heterocycles. The third kappa shape index (κ3) is 11.4. The van der Waals surface area contributed by atoms with E-state index < -0.39 is 16.5 Å². The number of carbonyl (C=O) groups excluding carboxylic acids is 2. The molecule has 3 unspecified atom stereocenters. The van der Waals surface area contributed by atoms with Gasteiger partial charge in [0.05, 0.1) is 42.2 Å². The van der Waals surface area contributed by atoms with Crippen molar-refractivity contribution in [2.75, 3.05) is 41.0 Å². The Bertz CT molecular complexity index is 2170. The molecule has 0 aliphatic rings. The molecule has 3 atom stereocenters. The summed E-state index contributed by atoms with van der Waals surface area (Å²) in [6.07, 6.45) is 8.11. The molecule has 58 heavy (non-hydrogen) atoms. The van der Waals surface area contributed by atoms with Crippen molar-refractivity contribution in [3.63, 3.8) is 0 Å². The number of hydrogen-bond acceptors (Lipinski definition) is 9. The lowest BCUT2D eigenvalue weighted by atomic mass is 9.82. The van der Waals surface area contributed by atoms with Crippen LogP contribution in [-0.2, 0) is 41.1 Å². The van der Waals surface area contributed by atoms with Gasteiger partial charge in [-0.1, -0.05) is 92.3 Å². The van der Waals surface area contributed by atoms with E-state index in [1.165, 1.54) is 32.1 Å².